The van der Waals surface area contributed by atoms with Crippen LogP contribution in [0.2, 0.25) is 0 Å². The number of aromatic hydroxyl groups is 2. The van der Waals surface area contributed by atoms with Crippen molar-refractivity contribution in [1.29, 1.82) is 0 Å². The van der Waals surface area contributed by atoms with Gasteiger partial charge in [-0.2, -0.15) is 0 Å². The van der Waals surface area contributed by atoms with Crippen molar-refractivity contribution in [3.63, 3.8) is 0 Å². The van der Waals surface area contributed by atoms with E-state index in [1.165, 1.54) is 12.1 Å². The van der Waals surface area contributed by atoms with Gasteiger partial charge in [-0.15, -0.1) is 0 Å². The molecule has 0 spiro atoms. The minimum Gasteiger partial charge on any atom is -0.504 e. The third-order valence-corrected chi connectivity index (χ3v) is 2.72. The Morgan fingerprint density at radius 1 is 1.24 bits per heavy atom. The van der Waals surface area contributed by atoms with Gasteiger partial charge in [-0.05, 0) is 24.1 Å². The molecule has 0 aliphatic heterocycles. The molecule has 0 bridgehead atoms. The summed E-state index contributed by atoms with van der Waals surface area (Å²) in [5.74, 6) is -2.30. The highest BCUT2D eigenvalue weighted by Crippen LogP contribution is 2.24. The molecular weight excluding hydrogens is 280 g/mol. The summed E-state index contributed by atoms with van der Waals surface area (Å²) in [5, 5.41) is 31.7. The van der Waals surface area contributed by atoms with E-state index in [-0.39, 0.29) is 24.5 Å². The first-order valence-electron chi connectivity index (χ1n) is 6.14. The largest absolute Gasteiger partial charge is 0.504 e. The summed E-state index contributed by atoms with van der Waals surface area (Å²) in [7, 11) is 0. The molecule has 1 atom stereocenters. The summed E-state index contributed by atoms with van der Waals surface area (Å²) in [5.41, 5.74) is 0.684. The number of rotatable bonds is 8. The summed E-state index contributed by atoms with van der Waals surface area (Å²) in [6.07, 6.45) is 0.135. The van der Waals surface area contributed by atoms with Crippen molar-refractivity contribution in [2.45, 2.75) is 18.9 Å². The third kappa shape index (κ3) is 5.39. The highest BCUT2D eigenvalue weighted by Gasteiger charge is 2.20. The summed E-state index contributed by atoms with van der Waals surface area (Å²) in [6, 6.07) is 3.14. The van der Waals surface area contributed by atoms with Crippen molar-refractivity contribution in [2.75, 3.05) is 6.54 Å². The van der Waals surface area contributed by atoms with Crippen LogP contribution in [0.5, 0.6) is 11.5 Å². The number of carboxylic acid groups (broad SMARTS) is 1. The van der Waals surface area contributed by atoms with Crippen molar-refractivity contribution in [3.8, 4) is 11.5 Å². The Morgan fingerprint density at radius 3 is 2.52 bits per heavy atom. The molecule has 2 amide bonds. The standard InChI is InChI=1S/C13H16N2O6/c16-7-15-9(6-12(19)20)13(21)14-4-3-8-1-2-10(17)11(18)5-8/h1-2,5,7,9,17-18H,3-4,6H2,(H,14,21)(H,15,16)(H,19,20)/t9-/m0/s1. The van der Waals surface area contributed by atoms with Gasteiger partial charge >= 0.3 is 5.97 Å². The number of hydrogen-bond acceptors (Lipinski definition) is 5. The quantitative estimate of drug-likeness (QED) is 0.319. The smallest absolute Gasteiger partial charge is 0.305 e. The molecule has 0 saturated heterocycles. The van der Waals surface area contributed by atoms with Gasteiger partial charge < -0.3 is 26.0 Å². The van der Waals surface area contributed by atoms with Gasteiger partial charge in [0.15, 0.2) is 11.5 Å². The number of benzene rings is 1. The van der Waals surface area contributed by atoms with Gasteiger partial charge in [0.25, 0.3) is 0 Å². The molecule has 0 radical (unpaired) electrons. The van der Waals surface area contributed by atoms with E-state index in [1.807, 2.05) is 0 Å². The zero-order chi connectivity index (χ0) is 15.8. The lowest BCUT2D eigenvalue weighted by atomic mass is 10.1. The minimum absolute atomic E-state index is 0.194. The third-order valence-electron chi connectivity index (χ3n) is 2.72. The first-order valence-corrected chi connectivity index (χ1v) is 6.14. The number of phenols is 2. The monoisotopic (exact) mass is 296 g/mol. The minimum atomic E-state index is -1.20. The van der Waals surface area contributed by atoms with Gasteiger partial charge in [0.2, 0.25) is 12.3 Å². The van der Waals surface area contributed by atoms with E-state index in [0.717, 1.165) is 0 Å². The predicted octanol–water partition coefficient (Wildman–Crippen LogP) is -0.654. The van der Waals surface area contributed by atoms with Crippen molar-refractivity contribution in [3.05, 3.63) is 23.8 Å². The second kappa shape index (κ2) is 7.73. The molecule has 0 aliphatic carbocycles. The molecule has 5 N–H and O–H groups in total. The lowest BCUT2D eigenvalue weighted by molar-refractivity contribution is -0.140. The topological polar surface area (TPSA) is 136 Å². The van der Waals surface area contributed by atoms with E-state index < -0.39 is 24.3 Å². The van der Waals surface area contributed by atoms with Crippen molar-refractivity contribution < 1.29 is 29.7 Å². The molecule has 1 aromatic rings. The Kier molecular flexibility index (Phi) is 5.99. The van der Waals surface area contributed by atoms with Crippen LogP contribution >= 0.6 is 0 Å². The van der Waals surface area contributed by atoms with E-state index in [4.69, 9.17) is 10.2 Å². The number of carbonyl (C=O) groups excluding carboxylic acids is 2. The summed E-state index contributed by atoms with van der Waals surface area (Å²) >= 11 is 0. The number of hydrogen-bond donors (Lipinski definition) is 5. The molecule has 0 heterocycles. The molecule has 0 fully saturated rings. The average Bonchev–Trinajstić information content (AvgIpc) is 2.41. The van der Waals surface area contributed by atoms with Gasteiger partial charge in [0.1, 0.15) is 6.04 Å². The Morgan fingerprint density at radius 2 is 1.95 bits per heavy atom. The number of carboxylic acids is 1. The highest BCUT2D eigenvalue weighted by atomic mass is 16.4. The fraction of sp³-hybridized carbons (Fsp3) is 0.308. The summed E-state index contributed by atoms with van der Waals surface area (Å²) in [4.78, 5) is 32.6. The van der Waals surface area contributed by atoms with Crippen LogP contribution in [0.3, 0.4) is 0 Å². The number of amides is 2. The molecule has 0 saturated carbocycles. The predicted molar refractivity (Wildman–Crippen MR) is 71.7 cm³/mol. The first-order chi connectivity index (χ1) is 9.93. The van der Waals surface area contributed by atoms with Crippen LogP contribution < -0.4 is 10.6 Å². The van der Waals surface area contributed by atoms with Crippen molar-refractivity contribution in [2.24, 2.45) is 0 Å². The Bertz CT molecular complexity index is 531. The molecular formula is C13H16N2O6. The SMILES string of the molecule is O=CN[C@@H](CC(=O)O)C(=O)NCCc1ccc(O)c(O)c1. The fourth-order valence-electron chi connectivity index (χ4n) is 1.66. The number of carbonyl (C=O) groups is 3. The van der Waals surface area contributed by atoms with Crippen LogP contribution in [0.4, 0.5) is 0 Å². The highest BCUT2D eigenvalue weighted by molar-refractivity contribution is 5.87. The van der Waals surface area contributed by atoms with Crippen LogP contribution in [-0.4, -0.2) is 46.2 Å². The molecule has 8 nitrogen and oxygen atoms in total. The maximum Gasteiger partial charge on any atom is 0.305 e. The number of aliphatic carboxylic acids is 1. The molecule has 0 unspecified atom stereocenters. The Balaban J connectivity index is 2.48. The van der Waals surface area contributed by atoms with Gasteiger partial charge in [-0.25, -0.2) is 0 Å². The van der Waals surface area contributed by atoms with E-state index in [2.05, 4.69) is 10.6 Å². The molecule has 114 valence electrons. The van der Waals surface area contributed by atoms with Gasteiger partial charge in [-0.3, -0.25) is 14.4 Å². The van der Waals surface area contributed by atoms with E-state index in [9.17, 15) is 19.5 Å². The second-order valence-electron chi connectivity index (χ2n) is 4.30. The molecule has 1 aromatic carbocycles. The number of nitrogens with one attached hydrogen (secondary N) is 2. The fourth-order valence-corrected chi connectivity index (χ4v) is 1.66. The molecule has 8 heteroatoms. The maximum atomic E-state index is 11.7. The van der Waals surface area contributed by atoms with Crippen LogP contribution in [0.1, 0.15) is 12.0 Å². The van der Waals surface area contributed by atoms with Gasteiger partial charge in [-0.1, -0.05) is 6.07 Å². The normalized spacial score (nSPS) is 11.4. The lowest BCUT2D eigenvalue weighted by Crippen LogP contribution is -2.45. The van der Waals surface area contributed by atoms with Crippen LogP contribution in [0, 0.1) is 0 Å². The first kappa shape index (κ1) is 16.3. The van der Waals surface area contributed by atoms with Crippen molar-refractivity contribution >= 4 is 18.3 Å². The van der Waals surface area contributed by atoms with Crippen molar-refractivity contribution in [1.82, 2.24) is 10.6 Å². The van der Waals surface area contributed by atoms with Gasteiger partial charge in [0, 0.05) is 6.54 Å². The Labute approximate surface area is 120 Å². The average molecular weight is 296 g/mol. The van der Waals surface area contributed by atoms with Gasteiger partial charge in [0.05, 0.1) is 6.42 Å². The zero-order valence-corrected chi connectivity index (χ0v) is 11.1. The summed E-state index contributed by atoms with van der Waals surface area (Å²) in [6.45, 7) is 0.194. The van der Waals surface area contributed by atoms with E-state index in [1.54, 1.807) is 6.07 Å². The number of phenolic OH excluding ortho intramolecular Hbond substituents is 2. The second-order valence-corrected chi connectivity index (χ2v) is 4.30. The molecule has 1 rings (SSSR count). The van der Waals surface area contributed by atoms with Crippen LogP contribution in [0.15, 0.2) is 18.2 Å². The summed E-state index contributed by atoms with van der Waals surface area (Å²) < 4.78 is 0. The van der Waals surface area contributed by atoms with E-state index >= 15 is 0 Å². The lowest BCUT2D eigenvalue weighted by Gasteiger charge is -2.14. The van der Waals surface area contributed by atoms with E-state index in [0.29, 0.717) is 12.0 Å². The zero-order valence-electron chi connectivity index (χ0n) is 11.1. The molecule has 0 aromatic heterocycles. The molecule has 0 aliphatic rings. The van der Waals surface area contributed by atoms with Crippen LogP contribution in [-0.2, 0) is 20.8 Å². The maximum absolute atomic E-state index is 11.7. The Hall–Kier alpha value is -2.77. The molecule has 21 heavy (non-hydrogen) atoms. The van der Waals surface area contributed by atoms with Crippen LogP contribution in [0.25, 0.3) is 0 Å².